The molecule has 0 aliphatic heterocycles. The van der Waals surface area contributed by atoms with Crippen molar-refractivity contribution in [2.45, 2.75) is 19.8 Å². The molecule has 5 heteroatoms. The molecule has 0 atom stereocenters. The molecule has 1 aromatic carbocycles. The molecule has 0 aliphatic rings. The van der Waals surface area contributed by atoms with E-state index < -0.39 is 15.7 Å². The largest absolute Gasteiger partial charge is 0.294 e. The summed E-state index contributed by atoms with van der Waals surface area (Å²) < 4.78 is 34.8. The molecule has 3 nitrogen and oxygen atoms in total. The molecular weight excluding hydrogens is 243 g/mol. The number of sulfone groups is 1. The number of hydrogen-bond acceptors (Lipinski definition) is 3. The average molecular weight is 258 g/mol. The standard InChI is InChI=1S/C12H15FO3S/c1-9-6-10(8-11(13)7-9)12(14)4-3-5-17(2,15)16/h6-8H,3-5H2,1-2H3. The van der Waals surface area contributed by atoms with Crippen LogP contribution in [0.5, 0.6) is 0 Å². The van der Waals surface area contributed by atoms with Crippen LogP contribution in [0.25, 0.3) is 0 Å². The van der Waals surface area contributed by atoms with Gasteiger partial charge in [0, 0.05) is 18.2 Å². The van der Waals surface area contributed by atoms with Crippen LogP contribution in [0.4, 0.5) is 4.39 Å². The second kappa shape index (κ2) is 5.40. The first-order chi connectivity index (χ1) is 7.78. The Balaban J connectivity index is 2.64. The Hall–Kier alpha value is -1.23. The molecule has 0 saturated heterocycles. The topological polar surface area (TPSA) is 51.2 Å². The molecule has 0 saturated carbocycles. The summed E-state index contributed by atoms with van der Waals surface area (Å²) >= 11 is 0. The van der Waals surface area contributed by atoms with Crippen LogP contribution >= 0.6 is 0 Å². The number of benzene rings is 1. The maximum atomic E-state index is 13.1. The fourth-order valence-corrected chi connectivity index (χ4v) is 2.21. The zero-order chi connectivity index (χ0) is 13.1. The highest BCUT2D eigenvalue weighted by atomic mass is 32.2. The molecular formula is C12H15FO3S. The van der Waals surface area contributed by atoms with Crippen molar-refractivity contribution in [3.05, 3.63) is 35.1 Å². The van der Waals surface area contributed by atoms with Crippen molar-refractivity contribution in [3.8, 4) is 0 Å². The van der Waals surface area contributed by atoms with Gasteiger partial charge in [0.15, 0.2) is 5.78 Å². The Morgan fingerprint density at radius 2 is 1.94 bits per heavy atom. The molecule has 0 aromatic heterocycles. The molecule has 0 radical (unpaired) electrons. The predicted octanol–water partition coefficient (Wildman–Crippen LogP) is 2.14. The third-order valence-electron chi connectivity index (χ3n) is 2.28. The Morgan fingerprint density at radius 3 is 2.47 bits per heavy atom. The van der Waals surface area contributed by atoms with E-state index >= 15 is 0 Å². The smallest absolute Gasteiger partial charge is 0.163 e. The average Bonchev–Trinajstić information content (AvgIpc) is 2.13. The van der Waals surface area contributed by atoms with Gasteiger partial charge in [0.1, 0.15) is 15.7 Å². The molecule has 0 N–H and O–H groups in total. The molecule has 0 bridgehead atoms. The van der Waals surface area contributed by atoms with Crippen molar-refractivity contribution in [2.24, 2.45) is 0 Å². The summed E-state index contributed by atoms with van der Waals surface area (Å²) in [5, 5.41) is 0. The summed E-state index contributed by atoms with van der Waals surface area (Å²) in [5.41, 5.74) is 0.979. The second-order valence-corrected chi connectivity index (χ2v) is 6.43. The van der Waals surface area contributed by atoms with Crippen molar-refractivity contribution in [1.82, 2.24) is 0 Å². The van der Waals surface area contributed by atoms with Crippen LogP contribution in [-0.2, 0) is 9.84 Å². The second-order valence-electron chi connectivity index (χ2n) is 4.17. The number of aryl methyl sites for hydroxylation is 1. The van der Waals surface area contributed by atoms with Gasteiger partial charge in [0.05, 0.1) is 5.75 Å². The van der Waals surface area contributed by atoms with E-state index in [1.54, 1.807) is 13.0 Å². The number of ketones is 1. The molecule has 0 heterocycles. The van der Waals surface area contributed by atoms with E-state index in [4.69, 9.17) is 0 Å². The Morgan fingerprint density at radius 1 is 1.29 bits per heavy atom. The monoisotopic (exact) mass is 258 g/mol. The Kier molecular flexibility index (Phi) is 4.40. The third-order valence-corrected chi connectivity index (χ3v) is 3.31. The van der Waals surface area contributed by atoms with Crippen LogP contribution in [0.15, 0.2) is 18.2 Å². The fourth-order valence-electron chi connectivity index (χ4n) is 1.54. The van der Waals surface area contributed by atoms with Crippen molar-refractivity contribution in [2.75, 3.05) is 12.0 Å². The van der Waals surface area contributed by atoms with E-state index in [0.29, 0.717) is 11.1 Å². The first kappa shape index (κ1) is 13.8. The van der Waals surface area contributed by atoms with Crippen LogP contribution < -0.4 is 0 Å². The van der Waals surface area contributed by atoms with Gasteiger partial charge in [-0.1, -0.05) is 0 Å². The van der Waals surface area contributed by atoms with Crippen molar-refractivity contribution in [1.29, 1.82) is 0 Å². The summed E-state index contributed by atoms with van der Waals surface area (Å²) in [4.78, 5) is 11.7. The number of carbonyl (C=O) groups excluding carboxylic acids is 1. The zero-order valence-electron chi connectivity index (χ0n) is 9.86. The minimum Gasteiger partial charge on any atom is -0.294 e. The van der Waals surface area contributed by atoms with E-state index in [2.05, 4.69) is 0 Å². The number of rotatable bonds is 5. The normalized spacial score (nSPS) is 11.5. The lowest BCUT2D eigenvalue weighted by Gasteiger charge is -2.02. The Bertz CT molecular complexity index is 500. The van der Waals surface area contributed by atoms with Crippen molar-refractivity contribution in [3.63, 3.8) is 0 Å². The molecule has 0 amide bonds. The third kappa shape index (κ3) is 5.08. The lowest BCUT2D eigenvalue weighted by atomic mass is 10.0. The molecule has 0 spiro atoms. The quantitative estimate of drug-likeness (QED) is 0.760. The fraction of sp³-hybridized carbons (Fsp3) is 0.417. The highest BCUT2D eigenvalue weighted by molar-refractivity contribution is 7.90. The SMILES string of the molecule is Cc1cc(F)cc(C(=O)CCCS(C)(=O)=O)c1. The predicted molar refractivity (Wildman–Crippen MR) is 64.4 cm³/mol. The van der Waals surface area contributed by atoms with E-state index in [1.165, 1.54) is 12.1 Å². The van der Waals surface area contributed by atoms with Gasteiger partial charge in [-0.15, -0.1) is 0 Å². The molecule has 94 valence electrons. The summed E-state index contributed by atoms with van der Waals surface area (Å²) in [7, 11) is -3.04. The van der Waals surface area contributed by atoms with Gasteiger partial charge in [-0.25, -0.2) is 12.8 Å². The lowest BCUT2D eigenvalue weighted by molar-refractivity contribution is 0.0981. The van der Waals surface area contributed by atoms with Crippen molar-refractivity contribution < 1.29 is 17.6 Å². The molecule has 0 fully saturated rings. The van der Waals surface area contributed by atoms with Gasteiger partial charge in [0.25, 0.3) is 0 Å². The summed E-state index contributed by atoms with van der Waals surface area (Å²) in [5.74, 6) is -0.694. The van der Waals surface area contributed by atoms with Crippen LogP contribution in [0.1, 0.15) is 28.8 Å². The van der Waals surface area contributed by atoms with Gasteiger partial charge in [-0.05, 0) is 37.1 Å². The van der Waals surface area contributed by atoms with Crippen LogP contribution in [0.3, 0.4) is 0 Å². The minimum absolute atomic E-state index is 0.0208. The van der Waals surface area contributed by atoms with Gasteiger partial charge in [-0.3, -0.25) is 4.79 Å². The number of Topliss-reactive ketones (excluding diaryl/α,β-unsaturated/α-hetero) is 1. The molecule has 0 aliphatic carbocycles. The number of carbonyl (C=O) groups is 1. The molecule has 1 aromatic rings. The van der Waals surface area contributed by atoms with Gasteiger partial charge < -0.3 is 0 Å². The molecule has 0 unspecified atom stereocenters. The first-order valence-corrected chi connectivity index (χ1v) is 7.32. The minimum atomic E-state index is -3.04. The maximum absolute atomic E-state index is 13.1. The van der Waals surface area contributed by atoms with E-state index in [0.717, 1.165) is 6.26 Å². The summed E-state index contributed by atoms with van der Waals surface area (Å²) in [6.45, 7) is 1.70. The summed E-state index contributed by atoms with van der Waals surface area (Å²) in [6.07, 6.45) is 1.52. The summed E-state index contributed by atoms with van der Waals surface area (Å²) in [6, 6.07) is 4.12. The lowest BCUT2D eigenvalue weighted by Crippen LogP contribution is -2.07. The first-order valence-electron chi connectivity index (χ1n) is 5.26. The van der Waals surface area contributed by atoms with Gasteiger partial charge in [0.2, 0.25) is 0 Å². The van der Waals surface area contributed by atoms with Crippen molar-refractivity contribution >= 4 is 15.6 Å². The Labute approximate surface area is 101 Å². The van der Waals surface area contributed by atoms with Crippen LogP contribution in [0.2, 0.25) is 0 Å². The van der Waals surface area contributed by atoms with Crippen LogP contribution in [0, 0.1) is 12.7 Å². The number of hydrogen-bond donors (Lipinski definition) is 0. The van der Waals surface area contributed by atoms with Crippen LogP contribution in [-0.4, -0.2) is 26.2 Å². The molecule has 1 rings (SSSR count). The van der Waals surface area contributed by atoms with E-state index in [9.17, 15) is 17.6 Å². The van der Waals surface area contributed by atoms with Gasteiger partial charge >= 0.3 is 0 Å². The zero-order valence-corrected chi connectivity index (χ0v) is 10.7. The highest BCUT2D eigenvalue weighted by Crippen LogP contribution is 2.11. The molecule has 17 heavy (non-hydrogen) atoms. The maximum Gasteiger partial charge on any atom is 0.163 e. The number of halogens is 1. The van der Waals surface area contributed by atoms with E-state index in [-0.39, 0.29) is 24.4 Å². The van der Waals surface area contributed by atoms with E-state index in [1.807, 2.05) is 0 Å². The highest BCUT2D eigenvalue weighted by Gasteiger charge is 2.10. The van der Waals surface area contributed by atoms with Gasteiger partial charge in [-0.2, -0.15) is 0 Å².